The summed E-state index contributed by atoms with van der Waals surface area (Å²) in [5, 5.41) is 4.60. The second-order valence-corrected chi connectivity index (χ2v) is 7.00. The molecule has 8 heteroatoms. The number of nitrogens with zero attached hydrogens (tertiary/aromatic N) is 4. The number of carbonyl (C=O) groups is 2. The van der Waals surface area contributed by atoms with E-state index in [4.69, 9.17) is 5.73 Å². The van der Waals surface area contributed by atoms with Crippen LogP contribution in [0.15, 0.2) is 42.7 Å². The molecule has 1 aliphatic rings. The number of aromatic nitrogens is 3. The van der Waals surface area contributed by atoms with Crippen LogP contribution in [0.4, 0.5) is 4.39 Å². The number of primary amides is 1. The molecule has 1 saturated heterocycles. The average molecular weight is 381 g/mol. The van der Waals surface area contributed by atoms with E-state index < -0.39 is 11.7 Å². The van der Waals surface area contributed by atoms with Gasteiger partial charge in [0, 0.05) is 36.8 Å². The predicted octanol–water partition coefficient (Wildman–Crippen LogP) is 2.08. The Bertz CT molecular complexity index is 1030. The third kappa shape index (κ3) is 3.58. The number of hydrogen-bond donors (Lipinski definition) is 1. The third-order valence-electron chi connectivity index (χ3n) is 5.09. The normalized spacial score (nSPS) is 17.0. The maximum atomic E-state index is 13.5. The van der Waals surface area contributed by atoms with Gasteiger partial charge in [-0.2, -0.15) is 5.10 Å². The summed E-state index contributed by atoms with van der Waals surface area (Å²) < 4.78 is 15.1. The standard InChI is InChI=1S/C20H20FN5O2/c21-15-4-5-17-14(9-15)10-16(20(22)28)19(24-17)13-3-1-7-25(11-13)18(27)12-26-8-2-6-23-26/h2,4-6,8-10,13H,1,3,7,11-12H2,(H2,22,28). The number of pyridine rings is 1. The van der Waals surface area contributed by atoms with Gasteiger partial charge in [0.1, 0.15) is 12.4 Å². The van der Waals surface area contributed by atoms with Gasteiger partial charge in [-0.05, 0) is 43.2 Å². The molecule has 1 unspecified atom stereocenters. The van der Waals surface area contributed by atoms with E-state index in [1.54, 1.807) is 40.2 Å². The van der Waals surface area contributed by atoms with Crippen molar-refractivity contribution in [1.29, 1.82) is 0 Å². The zero-order valence-corrected chi connectivity index (χ0v) is 15.2. The molecule has 3 aromatic rings. The van der Waals surface area contributed by atoms with Crippen molar-refractivity contribution >= 4 is 22.7 Å². The summed E-state index contributed by atoms with van der Waals surface area (Å²) in [6.07, 6.45) is 4.98. The Morgan fingerprint density at radius 2 is 2.14 bits per heavy atom. The minimum Gasteiger partial charge on any atom is -0.366 e. The van der Waals surface area contributed by atoms with E-state index in [1.807, 2.05) is 0 Å². The van der Waals surface area contributed by atoms with Gasteiger partial charge < -0.3 is 10.6 Å². The van der Waals surface area contributed by atoms with Crippen molar-refractivity contribution in [2.75, 3.05) is 13.1 Å². The molecule has 0 bridgehead atoms. The van der Waals surface area contributed by atoms with Crippen LogP contribution in [0.5, 0.6) is 0 Å². The molecule has 1 atom stereocenters. The fourth-order valence-electron chi connectivity index (χ4n) is 3.73. The molecule has 2 amide bonds. The number of rotatable bonds is 4. The largest absolute Gasteiger partial charge is 0.366 e. The van der Waals surface area contributed by atoms with Crippen molar-refractivity contribution in [3.8, 4) is 0 Å². The molecule has 28 heavy (non-hydrogen) atoms. The molecule has 1 aliphatic heterocycles. The van der Waals surface area contributed by atoms with Gasteiger partial charge in [-0.1, -0.05) is 0 Å². The minimum atomic E-state index is -0.603. The quantitative estimate of drug-likeness (QED) is 0.749. The lowest BCUT2D eigenvalue weighted by Crippen LogP contribution is -2.41. The van der Waals surface area contributed by atoms with Crippen molar-refractivity contribution in [3.63, 3.8) is 0 Å². The summed E-state index contributed by atoms with van der Waals surface area (Å²) in [5.41, 5.74) is 7.02. The van der Waals surface area contributed by atoms with Crippen molar-refractivity contribution in [2.45, 2.75) is 25.3 Å². The van der Waals surface area contributed by atoms with Crippen LogP contribution in [-0.2, 0) is 11.3 Å². The molecule has 3 heterocycles. The SMILES string of the molecule is NC(=O)c1cc2cc(F)ccc2nc1C1CCCN(C(=O)Cn2cccn2)C1. The Morgan fingerprint density at radius 3 is 2.89 bits per heavy atom. The number of hydrogen-bond acceptors (Lipinski definition) is 4. The Balaban J connectivity index is 1.63. The Labute approximate surface area is 160 Å². The summed E-state index contributed by atoms with van der Waals surface area (Å²) >= 11 is 0. The van der Waals surface area contributed by atoms with Crippen LogP contribution in [0.2, 0.25) is 0 Å². The van der Waals surface area contributed by atoms with Gasteiger partial charge in [-0.25, -0.2) is 4.39 Å². The van der Waals surface area contributed by atoms with Crippen molar-refractivity contribution < 1.29 is 14.0 Å². The highest BCUT2D eigenvalue weighted by Gasteiger charge is 2.28. The number of likely N-dealkylation sites (tertiary alicyclic amines) is 1. The van der Waals surface area contributed by atoms with Crippen LogP contribution < -0.4 is 5.73 Å². The van der Waals surface area contributed by atoms with E-state index in [1.165, 1.54) is 12.1 Å². The van der Waals surface area contributed by atoms with Gasteiger partial charge in [0.15, 0.2) is 0 Å². The lowest BCUT2D eigenvalue weighted by Gasteiger charge is -2.33. The van der Waals surface area contributed by atoms with Crippen molar-refractivity contribution in [1.82, 2.24) is 19.7 Å². The molecular formula is C20H20FN5O2. The number of fused-ring (bicyclic) bond motifs is 1. The number of benzene rings is 1. The van der Waals surface area contributed by atoms with Crippen LogP contribution >= 0.6 is 0 Å². The molecule has 0 saturated carbocycles. The predicted molar refractivity (Wildman–Crippen MR) is 101 cm³/mol. The first-order valence-corrected chi connectivity index (χ1v) is 9.16. The van der Waals surface area contributed by atoms with E-state index in [9.17, 15) is 14.0 Å². The van der Waals surface area contributed by atoms with E-state index in [0.29, 0.717) is 29.7 Å². The Hall–Kier alpha value is -3.29. The number of piperidine rings is 1. The number of carbonyl (C=O) groups excluding carboxylic acids is 2. The molecule has 1 fully saturated rings. The van der Waals surface area contributed by atoms with Crippen LogP contribution in [0.3, 0.4) is 0 Å². The fraction of sp³-hybridized carbons (Fsp3) is 0.300. The molecule has 1 aromatic carbocycles. The van der Waals surface area contributed by atoms with E-state index >= 15 is 0 Å². The first-order valence-electron chi connectivity index (χ1n) is 9.16. The average Bonchev–Trinajstić information content (AvgIpc) is 3.20. The summed E-state index contributed by atoms with van der Waals surface area (Å²) in [6.45, 7) is 1.29. The zero-order chi connectivity index (χ0) is 19.7. The summed E-state index contributed by atoms with van der Waals surface area (Å²) in [5.74, 6) is -1.14. The van der Waals surface area contributed by atoms with Crippen LogP contribution in [0.25, 0.3) is 10.9 Å². The molecule has 7 nitrogen and oxygen atoms in total. The van der Waals surface area contributed by atoms with Gasteiger partial charge in [-0.15, -0.1) is 0 Å². The number of nitrogens with two attached hydrogens (primary N) is 1. The molecule has 144 valence electrons. The molecular weight excluding hydrogens is 361 g/mol. The maximum absolute atomic E-state index is 13.5. The highest BCUT2D eigenvalue weighted by atomic mass is 19.1. The Morgan fingerprint density at radius 1 is 1.29 bits per heavy atom. The summed E-state index contributed by atoms with van der Waals surface area (Å²) in [4.78, 5) is 31.0. The first kappa shape index (κ1) is 18.1. The Kier molecular flexibility index (Phi) is 4.77. The van der Waals surface area contributed by atoms with Gasteiger partial charge in [0.25, 0.3) is 5.91 Å². The molecule has 4 rings (SSSR count). The van der Waals surface area contributed by atoms with Gasteiger partial charge in [-0.3, -0.25) is 19.3 Å². The smallest absolute Gasteiger partial charge is 0.250 e. The van der Waals surface area contributed by atoms with Gasteiger partial charge in [0.2, 0.25) is 5.91 Å². The van der Waals surface area contributed by atoms with E-state index in [-0.39, 0.29) is 23.9 Å². The third-order valence-corrected chi connectivity index (χ3v) is 5.09. The lowest BCUT2D eigenvalue weighted by atomic mass is 9.90. The second kappa shape index (κ2) is 7.38. The summed E-state index contributed by atoms with van der Waals surface area (Å²) in [7, 11) is 0. The molecule has 0 radical (unpaired) electrons. The topological polar surface area (TPSA) is 94.1 Å². The first-order chi connectivity index (χ1) is 13.5. The monoisotopic (exact) mass is 381 g/mol. The van der Waals surface area contributed by atoms with E-state index in [0.717, 1.165) is 12.8 Å². The van der Waals surface area contributed by atoms with Crippen molar-refractivity contribution in [3.05, 3.63) is 59.8 Å². The molecule has 2 N–H and O–H groups in total. The zero-order valence-electron chi connectivity index (χ0n) is 15.2. The second-order valence-electron chi connectivity index (χ2n) is 7.00. The van der Waals surface area contributed by atoms with Gasteiger partial charge >= 0.3 is 0 Å². The van der Waals surface area contributed by atoms with Crippen LogP contribution in [0, 0.1) is 5.82 Å². The fourth-order valence-corrected chi connectivity index (χ4v) is 3.73. The highest BCUT2D eigenvalue weighted by Crippen LogP contribution is 2.30. The van der Waals surface area contributed by atoms with Crippen LogP contribution in [0.1, 0.15) is 34.8 Å². The van der Waals surface area contributed by atoms with Gasteiger partial charge in [0.05, 0.1) is 16.8 Å². The maximum Gasteiger partial charge on any atom is 0.250 e. The number of halogens is 1. The van der Waals surface area contributed by atoms with E-state index in [2.05, 4.69) is 10.1 Å². The minimum absolute atomic E-state index is 0.0307. The lowest BCUT2D eigenvalue weighted by molar-refractivity contribution is -0.133. The molecule has 0 aliphatic carbocycles. The van der Waals surface area contributed by atoms with Crippen LogP contribution in [-0.4, -0.2) is 44.6 Å². The highest BCUT2D eigenvalue weighted by molar-refractivity contribution is 5.97. The molecule has 2 aromatic heterocycles. The number of amides is 2. The summed E-state index contributed by atoms with van der Waals surface area (Å²) in [6, 6.07) is 7.62. The van der Waals surface area contributed by atoms with Crippen molar-refractivity contribution in [2.24, 2.45) is 5.73 Å². The molecule has 0 spiro atoms.